The van der Waals surface area contributed by atoms with Gasteiger partial charge in [-0.1, -0.05) is 36.4 Å². The van der Waals surface area contributed by atoms with Crippen LogP contribution in [-0.4, -0.2) is 29.9 Å². The first-order chi connectivity index (χ1) is 11.6. The van der Waals surface area contributed by atoms with E-state index in [-0.39, 0.29) is 18.4 Å². The number of amides is 2. The molecule has 24 heavy (non-hydrogen) atoms. The molecule has 0 aliphatic heterocycles. The van der Waals surface area contributed by atoms with Gasteiger partial charge in [0.05, 0.1) is 6.54 Å². The van der Waals surface area contributed by atoms with Gasteiger partial charge in [-0.25, -0.2) is 0 Å². The van der Waals surface area contributed by atoms with E-state index in [2.05, 4.69) is 15.6 Å². The number of benzene rings is 1. The van der Waals surface area contributed by atoms with Crippen molar-refractivity contribution in [3.8, 4) is 0 Å². The minimum absolute atomic E-state index is 0.0376. The number of rotatable bonds is 7. The summed E-state index contributed by atoms with van der Waals surface area (Å²) >= 11 is 0. The van der Waals surface area contributed by atoms with E-state index >= 15 is 0 Å². The van der Waals surface area contributed by atoms with E-state index < -0.39 is 0 Å². The first kappa shape index (κ1) is 17.4. The molecule has 124 valence electrons. The summed E-state index contributed by atoms with van der Waals surface area (Å²) in [5.41, 5.74) is 2.97. The number of nitrogens with zero attached hydrogens (tertiary/aromatic N) is 1. The van der Waals surface area contributed by atoms with E-state index in [1.165, 1.54) is 6.08 Å². The molecule has 2 aromatic rings. The Balaban J connectivity index is 1.64. The maximum atomic E-state index is 11.7. The number of hydrogen-bond acceptors (Lipinski definition) is 3. The van der Waals surface area contributed by atoms with Gasteiger partial charge in [0, 0.05) is 24.5 Å². The molecule has 0 saturated heterocycles. The van der Waals surface area contributed by atoms with Crippen molar-refractivity contribution in [2.75, 3.05) is 13.1 Å². The van der Waals surface area contributed by atoms with Gasteiger partial charge in [0.1, 0.15) is 0 Å². The Kier molecular flexibility index (Phi) is 6.71. The van der Waals surface area contributed by atoms with Gasteiger partial charge in [-0.15, -0.1) is 0 Å². The Hall–Kier alpha value is -2.95. The van der Waals surface area contributed by atoms with Gasteiger partial charge in [0.2, 0.25) is 11.8 Å². The fraction of sp³-hybridized carbons (Fsp3) is 0.211. The Morgan fingerprint density at radius 3 is 2.58 bits per heavy atom. The van der Waals surface area contributed by atoms with Crippen molar-refractivity contribution in [1.82, 2.24) is 15.6 Å². The zero-order chi connectivity index (χ0) is 17.2. The van der Waals surface area contributed by atoms with Crippen molar-refractivity contribution in [1.29, 1.82) is 0 Å². The van der Waals surface area contributed by atoms with Gasteiger partial charge in [0.25, 0.3) is 0 Å². The molecule has 1 heterocycles. The van der Waals surface area contributed by atoms with Crippen molar-refractivity contribution in [3.63, 3.8) is 0 Å². The monoisotopic (exact) mass is 323 g/mol. The number of pyridine rings is 1. The van der Waals surface area contributed by atoms with Crippen molar-refractivity contribution in [2.24, 2.45) is 0 Å². The Bertz CT molecular complexity index is 694. The SMILES string of the molecule is Cc1ccc(CCNC(=O)CNC(=O)/C=C/c2ccccc2)cn1. The summed E-state index contributed by atoms with van der Waals surface area (Å²) in [6.45, 7) is 2.41. The van der Waals surface area contributed by atoms with Crippen LogP contribution < -0.4 is 10.6 Å². The molecular weight excluding hydrogens is 302 g/mol. The van der Waals surface area contributed by atoms with Crippen molar-refractivity contribution in [3.05, 3.63) is 71.6 Å². The fourth-order valence-corrected chi connectivity index (χ4v) is 2.02. The third-order valence-corrected chi connectivity index (χ3v) is 3.36. The lowest BCUT2D eigenvalue weighted by Crippen LogP contribution is -2.37. The molecule has 0 saturated carbocycles. The molecule has 5 nitrogen and oxygen atoms in total. The summed E-state index contributed by atoms with van der Waals surface area (Å²) in [5.74, 6) is -0.506. The molecule has 5 heteroatoms. The van der Waals surface area contributed by atoms with Crippen LogP contribution in [0.15, 0.2) is 54.7 Å². The van der Waals surface area contributed by atoms with E-state index in [1.54, 1.807) is 12.3 Å². The second-order valence-corrected chi connectivity index (χ2v) is 5.37. The normalized spacial score (nSPS) is 10.5. The Morgan fingerprint density at radius 2 is 1.88 bits per heavy atom. The predicted octanol–water partition coefficient (Wildman–Crippen LogP) is 1.88. The van der Waals surface area contributed by atoms with E-state index in [4.69, 9.17) is 0 Å². The van der Waals surface area contributed by atoms with Gasteiger partial charge in [-0.2, -0.15) is 0 Å². The van der Waals surface area contributed by atoms with Crippen LogP contribution in [-0.2, 0) is 16.0 Å². The highest BCUT2D eigenvalue weighted by atomic mass is 16.2. The molecule has 0 bridgehead atoms. The summed E-state index contributed by atoms with van der Waals surface area (Å²) in [5, 5.41) is 5.33. The summed E-state index contributed by atoms with van der Waals surface area (Å²) in [6, 6.07) is 13.4. The molecule has 0 spiro atoms. The van der Waals surface area contributed by atoms with E-state index in [0.717, 1.165) is 16.8 Å². The number of aromatic nitrogens is 1. The summed E-state index contributed by atoms with van der Waals surface area (Å²) < 4.78 is 0. The zero-order valence-corrected chi connectivity index (χ0v) is 13.7. The standard InChI is InChI=1S/C19H21N3O2/c1-15-7-8-17(13-21-15)11-12-20-19(24)14-22-18(23)10-9-16-5-3-2-4-6-16/h2-10,13H,11-12,14H2,1H3,(H,20,24)(H,22,23)/b10-9+. The minimum atomic E-state index is -0.295. The molecule has 0 aliphatic carbocycles. The second-order valence-electron chi connectivity index (χ2n) is 5.37. The largest absolute Gasteiger partial charge is 0.354 e. The molecular formula is C19H21N3O2. The lowest BCUT2D eigenvalue weighted by Gasteiger charge is -2.06. The van der Waals surface area contributed by atoms with Gasteiger partial charge in [-0.05, 0) is 36.6 Å². The van der Waals surface area contributed by atoms with Crippen LogP contribution in [0.25, 0.3) is 6.08 Å². The van der Waals surface area contributed by atoms with Crippen LogP contribution in [0.5, 0.6) is 0 Å². The topological polar surface area (TPSA) is 71.1 Å². The van der Waals surface area contributed by atoms with Gasteiger partial charge < -0.3 is 10.6 Å². The summed E-state index contributed by atoms with van der Waals surface area (Å²) in [4.78, 5) is 27.6. The van der Waals surface area contributed by atoms with Crippen molar-refractivity contribution in [2.45, 2.75) is 13.3 Å². The summed E-state index contributed by atoms with van der Waals surface area (Å²) in [6.07, 6.45) is 5.64. The average molecular weight is 323 g/mol. The highest BCUT2D eigenvalue weighted by Gasteiger charge is 2.03. The van der Waals surface area contributed by atoms with Gasteiger partial charge in [-0.3, -0.25) is 14.6 Å². The number of carbonyl (C=O) groups excluding carboxylic acids is 2. The van der Waals surface area contributed by atoms with Crippen LogP contribution in [0.4, 0.5) is 0 Å². The first-order valence-corrected chi connectivity index (χ1v) is 7.82. The summed E-state index contributed by atoms with van der Waals surface area (Å²) in [7, 11) is 0. The van der Waals surface area contributed by atoms with Crippen molar-refractivity contribution < 1.29 is 9.59 Å². The van der Waals surface area contributed by atoms with Crippen LogP contribution in [0, 0.1) is 6.92 Å². The van der Waals surface area contributed by atoms with Crippen molar-refractivity contribution >= 4 is 17.9 Å². The number of hydrogen-bond donors (Lipinski definition) is 2. The first-order valence-electron chi connectivity index (χ1n) is 7.82. The zero-order valence-electron chi connectivity index (χ0n) is 13.7. The highest BCUT2D eigenvalue weighted by molar-refractivity contribution is 5.94. The molecule has 2 amide bonds. The quantitative estimate of drug-likeness (QED) is 0.764. The van der Waals surface area contributed by atoms with E-state index in [9.17, 15) is 9.59 Å². The third kappa shape index (κ3) is 6.44. The third-order valence-electron chi connectivity index (χ3n) is 3.36. The van der Waals surface area contributed by atoms with Gasteiger partial charge >= 0.3 is 0 Å². The number of nitrogens with one attached hydrogen (secondary N) is 2. The van der Waals surface area contributed by atoms with E-state index in [1.807, 2.05) is 49.4 Å². The molecule has 0 unspecified atom stereocenters. The number of aryl methyl sites for hydroxylation is 1. The van der Waals surface area contributed by atoms with Crippen LogP contribution >= 0.6 is 0 Å². The van der Waals surface area contributed by atoms with Crippen LogP contribution in [0.3, 0.4) is 0 Å². The average Bonchev–Trinajstić information content (AvgIpc) is 2.61. The smallest absolute Gasteiger partial charge is 0.244 e. The Morgan fingerprint density at radius 1 is 1.08 bits per heavy atom. The second kappa shape index (κ2) is 9.25. The molecule has 0 fully saturated rings. The molecule has 1 aromatic heterocycles. The molecule has 2 rings (SSSR count). The molecule has 1 aromatic carbocycles. The van der Waals surface area contributed by atoms with E-state index in [0.29, 0.717) is 13.0 Å². The number of carbonyl (C=O) groups is 2. The maximum Gasteiger partial charge on any atom is 0.244 e. The molecule has 2 N–H and O–H groups in total. The maximum absolute atomic E-state index is 11.7. The van der Waals surface area contributed by atoms with Crippen LogP contribution in [0.2, 0.25) is 0 Å². The highest BCUT2D eigenvalue weighted by Crippen LogP contribution is 2.00. The van der Waals surface area contributed by atoms with Crippen LogP contribution in [0.1, 0.15) is 16.8 Å². The van der Waals surface area contributed by atoms with Gasteiger partial charge in [0.15, 0.2) is 0 Å². The predicted molar refractivity (Wildman–Crippen MR) is 94.2 cm³/mol. The molecule has 0 aliphatic rings. The Labute approximate surface area is 141 Å². The minimum Gasteiger partial charge on any atom is -0.354 e. The lowest BCUT2D eigenvalue weighted by atomic mass is 10.2. The lowest BCUT2D eigenvalue weighted by molar-refractivity contribution is -0.123. The molecule has 0 atom stereocenters. The molecule has 0 radical (unpaired) electrons. The fourth-order valence-electron chi connectivity index (χ4n) is 2.02.